The SMILES string of the molecule is CCN(CC)CCOc1ccccc1CNC(=NC)NCCNC(=O)OC(C)(C)C. The van der Waals surface area contributed by atoms with Crippen molar-refractivity contribution in [2.75, 3.05) is 46.4 Å². The van der Waals surface area contributed by atoms with Crippen LogP contribution in [0, 0.1) is 0 Å². The number of carbonyl (C=O) groups excluding carboxylic acids is 1. The number of carbonyl (C=O) groups is 1. The number of amides is 1. The van der Waals surface area contributed by atoms with Gasteiger partial charge in [0, 0.05) is 38.8 Å². The average Bonchev–Trinajstić information content (AvgIpc) is 2.70. The van der Waals surface area contributed by atoms with Crippen molar-refractivity contribution in [3.63, 3.8) is 0 Å². The van der Waals surface area contributed by atoms with Crippen LogP contribution in [0.3, 0.4) is 0 Å². The molecule has 8 nitrogen and oxygen atoms in total. The van der Waals surface area contributed by atoms with Gasteiger partial charge in [-0.25, -0.2) is 4.79 Å². The van der Waals surface area contributed by atoms with Gasteiger partial charge >= 0.3 is 6.09 Å². The molecule has 0 aromatic heterocycles. The third kappa shape index (κ3) is 10.9. The van der Waals surface area contributed by atoms with Gasteiger partial charge in [-0.2, -0.15) is 0 Å². The normalized spacial score (nSPS) is 11.9. The van der Waals surface area contributed by atoms with Crippen molar-refractivity contribution in [1.82, 2.24) is 20.9 Å². The molecule has 0 atom stereocenters. The molecule has 0 bridgehead atoms. The van der Waals surface area contributed by atoms with Gasteiger partial charge in [0.1, 0.15) is 18.0 Å². The van der Waals surface area contributed by atoms with Crippen LogP contribution in [0.4, 0.5) is 4.79 Å². The topological polar surface area (TPSA) is 87.2 Å². The number of para-hydroxylation sites is 1. The van der Waals surface area contributed by atoms with Gasteiger partial charge < -0.3 is 30.3 Å². The van der Waals surface area contributed by atoms with Crippen molar-refractivity contribution in [2.24, 2.45) is 4.99 Å². The number of aliphatic imine (C=N–C) groups is 1. The van der Waals surface area contributed by atoms with E-state index in [9.17, 15) is 4.79 Å². The zero-order valence-electron chi connectivity index (χ0n) is 19.4. The van der Waals surface area contributed by atoms with E-state index in [2.05, 4.69) is 39.7 Å². The molecule has 0 heterocycles. The number of hydrogen-bond acceptors (Lipinski definition) is 5. The standard InChI is InChI=1S/C22H39N5O3/c1-7-27(8-2)15-16-29-19-12-10-9-11-18(19)17-26-20(23-6)24-13-14-25-21(28)30-22(3,4)5/h9-12H,7-8,13-17H2,1-6H3,(H,25,28)(H2,23,24,26). The highest BCUT2D eigenvalue weighted by Crippen LogP contribution is 2.17. The Morgan fingerprint density at radius 2 is 1.73 bits per heavy atom. The Morgan fingerprint density at radius 1 is 1.07 bits per heavy atom. The first-order valence-electron chi connectivity index (χ1n) is 10.6. The molecule has 170 valence electrons. The lowest BCUT2D eigenvalue weighted by Crippen LogP contribution is -2.42. The molecule has 1 rings (SSSR count). The first kappa shape index (κ1) is 25.6. The maximum Gasteiger partial charge on any atom is 0.407 e. The van der Waals surface area contributed by atoms with Crippen LogP contribution in [0.25, 0.3) is 0 Å². The van der Waals surface area contributed by atoms with Gasteiger partial charge in [0.2, 0.25) is 0 Å². The van der Waals surface area contributed by atoms with Crippen molar-refractivity contribution >= 4 is 12.1 Å². The van der Waals surface area contributed by atoms with E-state index in [1.165, 1.54) is 0 Å². The number of alkyl carbamates (subject to hydrolysis) is 1. The second kappa shape index (κ2) is 13.7. The summed E-state index contributed by atoms with van der Waals surface area (Å²) in [5.74, 6) is 1.53. The van der Waals surface area contributed by atoms with Crippen molar-refractivity contribution in [3.05, 3.63) is 29.8 Å². The molecule has 0 unspecified atom stereocenters. The molecule has 1 amide bonds. The summed E-state index contributed by atoms with van der Waals surface area (Å²) >= 11 is 0. The minimum atomic E-state index is -0.504. The monoisotopic (exact) mass is 421 g/mol. The van der Waals surface area contributed by atoms with E-state index in [1.54, 1.807) is 7.05 Å². The van der Waals surface area contributed by atoms with E-state index in [0.29, 0.717) is 32.2 Å². The Balaban J connectivity index is 2.41. The molecule has 0 aliphatic heterocycles. The predicted molar refractivity (Wildman–Crippen MR) is 122 cm³/mol. The molecule has 0 aliphatic carbocycles. The van der Waals surface area contributed by atoms with Crippen molar-refractivity contribution in [3.8, 4) is 5.75 Å². The van der Waals surface area contributed by atoms with Gasteiger partial charge in [-0.15, -0.1) is 0 Å². The first-order chi connectivity index (χ1) is 14.3. The van der Waals surface area contributed by atoms with Gasteiger partial charge in [0.25, 0.3) is 0 Å². The third-order valence-corrected chi connectivity index (χ3v) is 4.29. The number of nitrogens with one attached hydrogen (secondary N) is 3. The zero-order valence-corrected chi connectivity index (χ0v) is 19.4. The number of guanidine groups is 1. The summed E-state index contributed by atoms with van der Waals surface area (Å²) in [6.45, 7) is 15.0. The molecular formula is C22H39N5O3. The maximum atomic E-state index is 11.7. The summed E-state index contributed by atoms with van der Waals surface area (Å²) < 4.78 is 11.2. The lowest BCUT2D eigenvalue weighted by Gasteiger charge is -2.20. The number of ether oxygens (including phenoxy) is 2. The minimum Gasteiger partial charge on any atom is -0.492 e. The highest BCUT2D eigenvalue weighted by Gasteiger charge is 2.15. The molecule has 0 radical (unpaired) electrons. The second-order valence-corrected chi connectivity index (χ2v) is 7.76. The lowest BCUT2D eigenvalue weighted by molar-refractivity contribution is 0.0529. The molecule has 0 saturated heterocycles. The Labute approximate surface area is 181 Å². The van der Waals surface area contributed by atoms with Gasteiger partial charge in [-0.3, -0.25) is 4.99 Å². The average molecular weight is 422 g/mol. The second-order valence-electron chi connectivity index (χ2n) is 7.76. The highest BCUT2D eigenvalue weighted by atomic mass is 16.6. The van der Waals surface area contributed by atoms with E-state index < -0.39 is 11.7 Å². The first-order valence-corrected chi connectivity index (χ1v) is 10.6. The predicted octanol–water partition coefficient (Wildman–Crippen LogP) is 2.60. The van der Waals surface area contributed by atoms with Gasteiger partial charge in [-0.05, 0) is 39.9 Å². The number of nitrogens with zero attached hydrogens (tertiary/aromatic N) is 2. The summed E-state index contributed by atoms with van der Waals surface area (Å²) in [7, 11) is 1.71. The van der Waals surface area contributed by atoms with Crippen molar-refractivity contribution in [1.29, 1.82) is 0 Å². The zero-order chi connectivity index (χ0) is 22.4. The fourth-order valence-corrected chi connectivity index (χ4v) is 2.67. The van der Waals surface area contributed by atoms with Crippen molar-refractivity contribution < 1.29 is 14.3 Å². The van der Waals surface area contributed by atoms with Crippen LogP contribution in [0.5, 0.6) is 5.75 Å². The van der Waals surface area contributed by atoms with Gasteiger partial charge in [0.15, 0.2) is 5.96 Å². The van der Waals surface area contributed by atoms with Gasteiger partial charge in [0.05, 0.1) is 0 Å². The van der Waals surface area contributed by atoms with Crippen LogP contribution < -0.4 is 20.7 Å². The van der Waals surface area contributed by atoms with Crippen LogP contribution in [-0.2, 0) is 11.3 Å². The van der Waals surface area contributed by atoms with Crippen LogP contribution in [0.1, 0.15) is 40.2 Å². The molecule has 8 heteroatoms. The van der Waals surface area contributed by atoms with E-state index in [1.807, 2.05) is 45.0 Å². The molecule has 0 spiro atoms. The Hall–Kier alpha value is -2.48. The van der Waals surface area contributed by atoms with Crippen LogP contribution >= 0.6 is 0 Å². The minimum absolute atomic E-state index is 0.428. The van der Waals surface area contributed by atoms with Crippen LogP contribution in [0.15, 0.2) is 29.3 Å². The Morgan fingerprint density at radius 3 is 2.37 bits per heavy atom. The number of benzene rings is 1. The maximum absolute atomic E-state index is 11.7. The molecule has 0 aliphatic rings. The van der Waals surface area contributed by atoms with E-state index in [0.717, 1.165) is 30.9 Å². The lowest BCUT2D eigenvalue weighted by atomic mass is 10.2. The number of likely N-dealkylation sites (N-methyl/N-ethyl adjacent to an activating group) is 1. The molecule has 3 N–H and O–H groups in total. The fraction of sp³-hybridized carbons (Fsp3) is 0.636. The molecule has 0 fully saturated rings. The van der Waals surface area contributed by atoms with E-state index in [4.69, 9.17) is 9.47 Å². The summed E-state index contributed by atoms with van der Waals surface area (Å²) in [4.78, 5) is 18.2. The third-order valence-electron chi connectivity index (χ3n) is 4.29. The molecule has 30 heavy (non-hydrogen) atoms. The molecular weight excluding hydrogens is 382 g/mol. The molecule has 1 aromatic carbocycles. The van der Waals surface area contributed by atoms with Crippen LogP contribution in [-0.4, -0.2) is 68.9 Å². The van der Waals surface area contributed by atoms with Gasteiger partial charge in [-0.1, -0.05) is 32.0 Å². The smallest absolute Gasteiger partial charge is 0.407 e. The number of hydrogen-bond donors (Lipinski definition) is 3. The summed E-state index contributed by atoms with van der Waals surface area (Å²) in [6, 6.07) is 8.00. The summed E-state index contributed by atoms with van der Waals surface area (Å²) in [6.07, 6.45) is -0.428. The largest absolute Gasteiger partial charge is 0.492 e. The molecule has 0 saturated carbocycles. The number of rotatable bonds is 11. The fourth-order valence-electron chi connectivity index (χ4n) is 2.67. The van der Waals surface area contributed by atoms with Crippen molar-refractivity contribution in [2.45, 2.75) is 46.8 Å². The molecule has 1 aromatic rings. The Bertz CT molecular complexity index is 654. The van der Waals surface area contributed by atoms with E-state index in [-0.39, 0.29) is 0 Å². The quantitative estimate of drug-likeness (QED) is 0.289. The Kier molecular flexibility index (Phi) is 11.7. The van der Waals surface area contributed by atoms with Crippen LogP contribution in [0.2, 0.25) is 0 Å². The van der Waals surface area contributed by atoms with E-state index >= 15 is 0 Å². The highest BCUT2D eigenvalue weighted by molar-refractivity contribution is 5.79. The summed E-state index contributed by atoms with van der Waals surface area (Å²) in [5, 5.41) is 9.16. The summed E-state index contributed by atoms with van der Waals surface area (Å²) in [5.41, 5.74) is 0.558.